The maximum atomic E-state index is 12.4. The molecule has 0 unspecified atom stereocenters. The number of nitrogens with one attached hydrogen (secondary N) is 1. The Labute approximate surface area is 155 Å². The first-order valence-corrected chi connectivity index (χ1v) is 9.98. The van der Waals surface area contributed by atoms with Gasteiger partial charge in [-0.05, 0) is 85.3 Å². The summed E-state index contributed by atoms with van der Waals surface area (Å²) in [7, 11) is 0. The molecule has 0 spiro atoms. The monoisotopic (exact) mass is 354 g/mol. The molecule has 140 valence electrons. The van der Waals surface area contributed by atoms with Crippen LogP contribution in [0.5, 0.6) is 0 Å². The normalized spacial score (nSPS) is 33.3. The van der Waals surface area contributed by atoms with Crippen LogP contribution in [-0.2, 0) is 10.2 Å². The fourth-order valence-electron chi connectivity index (χ4n) is 6.16. The van der Waals surface area contributed by atoms with Gasteiger partial charge >= 0.3 is 0 Å². The SMILES string of the molecule is CC(C)[C@H](NC(=O)c1ccc(C23CC4CC(CC(C4)C2)C3)cc1)C(=O)[O-]. The third-order valence-electron chi connectivity index (χ3n) is 7.00. The van der Waals surface area contributed by atoms with Gasteiger partial charge in [0, 0.05) is 5.56 Å². The van der Waals surface area contributed by atoms with Gasteiger partial charge in [0.25, 0.3) is 5.91 Å². The van der Waals surface area contributed by atoms with E-state index in [-0.39, 0.29) is 11.8 Å². The van der Waals surface area contributed by atoms with Crippen molar-refractivity contribution in [3.8, 4) is 0 Å². The second kappa shape index (κ2) is 6.40. The summed E-state index contributed by atoms with van der Waals surface area (Å²) in [6, 6.07) is 6.95. The number of carbonyl (C=O) groups excluding carboxylic acids is 2. The van der Waals surface area contributed by atoms with Gasteiger partial charge in [0.15, 0.2) is 0 Å². The number of carbonyl (C=O) groups is 2. The fourth-order valence-corrected chi connectivity index (χ4v) is 6.16. The Morgan fingerprint density at radius 3 is 1.92 bits per heavy atom. The van der Waals surface area contributed by atoms with Gasteiger partial charge in [-0.1, -0.05) is 26.0 Å². The molecule has 1 aromatic rings. The van der Waals surface area contributed by atoms with Crippen LogP contribution in [0.15, 0.2) is 24.3 Å². The molecule has 0 aromatic heterocycles. The zero-order valence-corrected chi connectivity index (χ0v) is 15.7. The van der Waals surface area contributed by atoms with E-state index in [4.69, 9.17) is 0 Å². The lowest BCUT2D eigenvalue weighted by atomic mass is 9.48. The van der Waals surface area contributed by atoms with Gasteiger partial charge in [0.2, 0.25) is 0 Å². The minimum Gasteiger partial charge on any atom is -0.548 e. The molecule has 4 saturated carbocycles. The van der Waals surface area contributed by atoms with Crippen LogP contribution < -0.4 is 10.4 Å². The van der Waals surface area contributed by atoms with Crippen molar-refractivity contribution in [2.24, 2.45) is 23.7 Å². The number of aliphatic carboxylic acids is 1. The number of carboxylic acids is 1. The van der Waals surface area contributed by atoms with Gasteiger partial charge in [-0.25, -0.2) is 0 Å². The Morgan fingerprint density at radius 1 is 1.00 bits per heavy atom. The van der Waals surface area contributed by atoms with Crippen LogP contribution in [0.4, 0.5) is 0 Å². The third kappa shape index (κ3) is 3.04. The second-order valence-electron chi connectivity index (χ2n) is 9.29. The lowest BCUT2D eigenvalue weighted by Gasteiger charge is -2.57. The summed E-state index contributed by atoms with van der Waals surface area (Å²) >= 11 is 0. The Hall–Kier alpha value is -1.84. The number of benzene rings is 1. The van der Waals surface area contributed by atoms with Gasteiger partial charge in [-0.15, -0.1) is 0 Å². The number of carboxylic acid groups (broad SMARTS) is 1. The van der Waals surface area contributed by atoms with Crippen molar-refractivity contribution in [1.29, 1.82) is 0 Å². The Kier molecular flexibility index (Phi) is 4.32. The smallest absolute Gasteiger partial charge is 0.251 e. The molecule has 4 fully saturated rings. The molecule has 4 aliphatic carbocycles. The van der Waals surface area contributed by atoms with Crippen molar-refractivity contribution in [1.82, 2.24) is 5.32 Å². The molecule has 4 aliphatic rings. The fraction of sp³-hybridized carbons (Fsp3) is 0.636. The van der Waals surface area contributed by atoms with Crippen LogP contribution in [0.2, 0.25) is 0 Å². The summed E-state index contributed by atoms with van der Waals surface area (Å²) < 4.78 is 0. The first-order chi connectivity index (χ1) is 12.4. The molecule has 0 heterocycles. The van der Waals surface area contributed by atoms with Gasteiger partial charge in [0.1, 0.15) is 0 Å². The standard InChI is InChI=1S/C22H29NO3/c1-13(2)19(21(25)26)23-20(24)17-3-5-18(6-4-17)22-10-14-7-15(11-22)9-16(8-14)12-22/h3-6,13-16,19H,7-12H2,1-2H3,(H,23,24)(H,25,26)/p-1/t14?,15?,16?,19-,22?/m0/s1. The van der Waals surface area contributed by atoms with Crippen molar-refractivity contribution in [3.63, 3.8) is 0 Å². The number of hydrogen-bond acceptors (Lipinski definition) is 3. The minimum atomic E-state index is -1.24. The first kappa shape index (κ1) is 17.6. The molecular weight excluding hydrogens is 326 g/mol. The molecule has 26 heavy (non-hydrogen) atoms. The highest BCUT2D eigenvalue weighted by Crippen LogP contribution is 2.60. The summed E-state index contributed by atoms with van der Waals surface area (Å²) in [5, 5.41) is 13.8. The van der Waals surface area contributed by atoms with Crippen LogP contribution in [0, 0.1) is 23.7 Å². The van der Waals surface area contributed by atoms with E-state index < -0.39 is 12.0 Å². The van der Waals surface area contributed by atoms with E-state index in [2.05, 4.69) is 17.4 Å². The van der Waals surface area contributed by atoms with Gasteiger partial charge in [0.05, 0.1) is 12.0 Å². The third-order valence-corrected chi connectivity index (χ3v) is 7.00. The highest BCUT2D eigenvalue weighted by atomic mass is 16.4. The summed E-state index contributed by atoms with van der Waals surface area (Å²) in [4.78, 5) is 23.6. The Bertz CT molecular complexity index is 671. The minimum absolute atomic E-state index is 0.213. The van der Waals surface area contributed by atoms with Crippen LogP contribution in [0.3, 0.4) is 0 Å². The second-order valence-corrected chi connectivity index (χ2v) is 9.29. The van der Waals surface area contributed by atoms with Crippen LogP contribution in [0.1, 0.15) is 68.3 Å². The number of amides is 1. The van der Waals surface area contributed by atoms with E-state index in [0.29, 0.717) is 11.0 Å². The Balaban J connectivity index is 1.50. The maximum absolute atomic E-state index is 12.4. The van der Waals surface area contributed by atoms with Crippen LogP contribution in [0.25, 0.3) is 0 Å². The summed E-state index contributed by atoms with van der Waals surface area (Å²) in [6.07, 6.45) is 8.14. The first-order valence-electron chi connectivity index (χ1n) is 9.98. The van der Waals surface area contributed by atoms with Crippen LogP contribution >= 0.6 is 0 Å². The van der Waals surface area contributed by atoms with E-state index in [9.17, 15) is 14.7 Å². The van der Waals surface area contributed by atoms with Crippen molar-refractivity contribution < 1.29 is 14.7 Å². The molecule has 1 N–H and O–H groups in total. The molecular formula is C22H28NO3-. The average Bonchev–Trinajstić information content (AvgIpc) is 2.58. The van der Waals surface area contributed by atoms with E-state index in [1.165, 1.54) is 44.1 Å². The predicted molar refractivity (Wildman–Crippen MR) is 97.4 cm³/mol. The largest absolute Gasteiger partial charge is 0.548 e. The van der Waals surface area contributed by atoms with E-state index in [1.54, 1.807) is 13.8 Å². The number of rotatable bonds is 5. The zero-order valence-electron chi connectivity index (χ0n) is 15.7. The summed E-state index contributed by atoms with van der Waals surface area (Å²) in [5.41, 5.74) is 2.20. The molecule has 4 nitrogen and oxygen atoms in total. The van der Waals surface area contributed by atoms with E-state index in [0.717, 1.165) is 17.8 Å². The van der Waals surface area contributed by atoms with Crippen molar-refractivity contribution in [2.45, 2.75) is 63.8 Å². The molecule has 1 atom stereocenters. The Morgan fingerprint density at radius 2 is 1.50 bits per heavy atom. The highest BCUT2D eigenvalue weighted by molar-refractivity contribution is 5.96. The van der Waals surface area contributed by atoms with Gasteiger partial charge < -0.3 is 15.2 Å². The van der Waals surface area contributed by atoms with E-state index >= 15 is 0 Å². The summed E-state index contributed by atoms with van der Waals surface area (Å²) in [6.45, 7) is 3.52. The molecule has 1 aromatic carbocycles. The van der Waals surface area contributed by atoms with Crippen LogP contribution in [-0.4, -0.2) is 17.9 Å². The topological polar surface area (TPSA) is 69.2 Å². The maximum Gasteiger partial charge on any atom is 0.251 e. The van der Waals surface area contributed by atoms with E-state index in [1.807, 2.05) is 12.1 Å². The molecule has 0 saturated heterocycles. The lowest BCUT2D eigenvalue weighted by molar-refractivity contribution is -0.309. The van der Waals surface area contributed by atoms with Crippen molar-refractivity contribution >= 4 is 11.9 Å². The molecule has 0 radical (unpaired) electrons. The lowest BCUT2D eigenvalue weighted by Crippen LogP contribution is -2.50. The molecule has 5 rings (SSSR count). The number of hydrogen-bond donors (Lipinski definition) is 1. The van der Waals surface area contributed by atoms with Crippen molar-refractivity contribution in [2.75, 3.05) is 0 Å². The van der Waals surface area contributed by atoms with Gasteiger partial charge in [-0.3, -0.25) is 4.79 Å². The highest BCUT2D eigenvalue weighted by Gasteiger charge is 2.51. The molecule has 4 heteroatoms. The molecule has 0 aliphatic heterocycles. The quantitative estimate of drug-likeness (QED) is 0.884. The van der Waals surface area contributed by atoms with Gasteiger partial charge in [-0.2, -0.15) is 0 Å². The average molecular weight is 354 g/mol. The summed E-state index contributed by atoms with van der Waals surface area (Å²) in [5.74, 6) is 0.871. The zero-order chi connectivity index (χ0) is 18.5. The molecule has 4 bridgehead atoms. The predicted octanol–water partition coefficient (Wildman–Crippen LogP) is 2.66. The van der Waals surface area contributed by atoms with Crippen molar-refractivity contribution in [3.05, 3.63) is 35.4 Å². The molecule has 1 amide bonds.